The Morgan fingerprint density at radius 1 is 0.967 bits per heavy atom. The Morgan fingerprint density at radius 3 is 2.37 bits per heavy atom. The van der Waals surface area contributed by atoms with Crippen molar-refractivity contribution < 1.29 is 44.5 Å². The van der Waals surface area contributed by atoms with Crippen LogP contribution in [-0.2, 0) is 4.74 Å². The number of hydrogen-bond acceptors (Lipinski definition) is 10. The average molecular weight is 418 g/mol. The number of rotatable bonds is 3. The Balaban J connectivity index is 1.75. The van der Waals surface area contributed by atoms with Crippen molar-refractivity contribution in [1.82, 2.24) is 0 Å². The van der Waals surface area contributed by atoms with Gasteiger partial charge in [-0.05, 0) is 24.3 Å². The fraction of sp³-hybridized carbons (Fsp3) is 0.250. The van der Waals surface area contributed by atoms with Gasteiger partial charge in [0.25, 0.3) is 0 Å². The van der Waals surface area contributed by atoms with Gasteiger partial charge in [0, 0.05) is 17.7 Å². The van der Waals surface area contributed by atoms with E-state index in [2.05, 4.69) is 0 Å². The third-order valence-electron chi connectivity index (χ3n) is 4.77. The molecule has 0 saturated carbocycles. The molecule has 1 fully saturated rings. The second kappa shape index (κ2) is 7.50. The van der Waals surface area contributed by atoms with E-state index in [1.807, 2.05) is 0 Å². The fourth-order valence-electron chi connectivity index (χ4n) is 3.15. The molecule has 158 valence electrons. The van der Waals surface area contributed by atoms with Gasteiger partial charge in [0.15, 0.2) is 16.9 Å². The van der Waals surface area contributed by atoms with E-state index in [4.69, 9.17) is 13.9 Å². The van der Waals surface area contributed by atoms with Gasteiger partial charge in [-0.25, -0.2) is 0 Å². The third kappa shape index (κ3) is 3.42. The molecule has 1 aliphatic heterocycles. The normalized spacial score (nSPS) is 24.1. The Kier molecular flexibility index (Phi) is 5.00. The minimum atomic E-state index is -1.67. The Hall–Kier alpha value is -3.31. The maximum Gasteiger partial charge on any atom is 0.229 e. The molecule has 4 atom stereocenters. The smallest absolute Gasteiger partial charge is 0.229 e. The van der Waals surface area contributed by atoms with Crippen LogP contribution in [0, 0.1) is 0 Å². The number of phenolic OH excluding ortho intramolecular Hbond substituents is 3. The Bertz CT molecular complexity index is 1140. The van der Waals surface area contributed by atoms with Gasteiger partial charge in [-0.1, -0.05) is 0 Å². The molecule has 1 saturated heterocycles. The highest BCUT2D eigenvalue weighted by molar-refractivity contribution is 5.89. The van der Waals surface area contributed by atoms with Crippen LogP contribution in [0.1, 0.15) is 0 Å². The fourth-order valence-corrected chi connectivity index (χ4v) is 3.15. The molecule has 2 aromatic carbocycles. The van der Waals surface area contributed by atoms with Crippen molar-refractivity contribution in [3.05, 3.63) is 46.6 Å². The van der Waals surface area contributed by atoms with E-state index in [1.165, 1.54) is 24.3 Å². The molecule has 0 aliphatic carbocycles. The SMILES string of the molecule is O=c1cc(-c2ccc(O)cc2)oc2cc(O)c(O[C@@H]3OC[C@@H](O)[C@H](O)[C@H]3O)c(O)c12. The molecule has 0 bridgehead atoms. The van der Waals surface area contributed by atoms with Crippen LogP contribution in [0.3, 0.4) is 0 Å². The molecule has 0 amide bonds. The number of aliphatic hydroxyl groups excluding tert-OH is 3. The first-order valence-corrected chi connectivity index (χ1v) is 8.91. The van der Waals surface area contributed by atoms with Gasteiger partial charge in [-0.3, -0.25) is 4.79 Å². The molecule has 4 rings (SSSR count). The zero-order chi connectivity index (χ0) is 21.6. The predicted octanol–water partition coefficient (Wildman–Crippen LogP) is 0.395. The van der Waals surface area contributed by atoms with Gasteiger partial charge in [-0.15, -0.1) is 0 Å². The van der Waals surface area contributed by atoms with Crippen LogP contribution in [0.2, 0.25) is 0 Å². The summed E-state index contributed by atoms with van der Waals surface area (Å²) in [6.07, 6.45) is -6.08. The van der Waals surface area contributed by atoms with Gasteiger partial charge in [-0.2, -0.15) is 0 Å². The molecule has 10 nitrogen and oxygen atoms in total. The van der Waals surface area contributed by atoms with Gasteiger partial charge in [0.2, 0.25) is 12.0 Å². The van der Waals surface area contributed by atoms with Crippen molar-refractivity contribution in [3.8, 4) is 34.3 Å². The first-order chi connectivity index (χ1) is 14.3. The third-order valence-corrected chi connectivity index (χ3v) is 4.77. The second-order valence-electron chi connectivity index (χ2n) is 6.84. The van der Waals surface area contributed by atoms with Crippen LogP contribution in [-0.4, -0.2) is 61.8 Å². The van der Waals surface area contributed by atoms with Gasteiger partial charge >= 0.3 is 0 Å². The lowest BCUT2D eigenvalue weighted by molar-refractivity contribution is -0.242. The predicted molar refractivity (Wildman–Crippen MR) is 101 cm³/mol. The van der Waals surface area contributed by atoms with Crippen molar-refractivity contribution in [2.45, 2.75) is 24.6 Å². The molecule has 10 heteroatoms. The summed E-state index contributed by atoms with van der Waals surface area (Å²) in [5.41, 5.74) is -0.284. The monoisotopic (exact) mass is 418 g/mol. The summed E-state index contributed by atoms with van der Waals surface area (Å²) in [5.74, 6) is -1.73. The summed E-state index contributed by atoms with van der Waals surface area (Å²) in [6, 6.07) is 8.05. The summed E-state index contributed by atoms with van der Waals surface area (Å²) in [6.45, 7) is -0.351. The Morgan fingerprint density at radius 2 is 1.67 bits per heavy atom. The van der Waals surface area contributed by atoms with Crippen molar-refractivity contribution in [2.24, 2.45) is 0 Å². The number of phenols is 3. The molecular formula is C20H18O10. The number of benzene rings is 2. The van der Waals surface area contributed by atoms with E-state index in [-0.39, 0.29) is 29.1 Å². The first kappa shape index (κ1) is 20.0. The topological polar surface area (TPSA) is 170 Å². The maximum atomic E-state index is 12.6. The van der Waals surface area contributed by atoms with Crippen molar-refractivity contribution in [2.75, 3.05) is 6.61 Å². The largest absolute Gasteiger partial charge is 0.508 e. The highest BCUT2D eigenvalue weighted by atomic mass is 16.7. The molecule has 0 unspecified atom stereocenters. The number of aliphatic hydroxyl groups is 3. The molecule has 2 heterocycles. The highest BCUT2D eigenvalue weighted by Crippen LogP contribution is 2.43. The van der Waals surface area contributed by atoms with Crippen LogP contribution in [0.25, 0.3) is 22.3 Å². The van der Waals surface area contributed by atoms with E-state index < -0.39 is 47.3 Å². The van der Waals surface area contributed by atoms with Gasteiger partial charge in [0.05, 0.1) is 6.61 Å². The zero-order valence-corrected chi connectivity index (χ0v) is 15.3. The highest BCUT2D eigenvalue weighted by Gasteiger charge is 2.40. The summed E-state index contributed by atoms with van der Waals surface area (Å²) in [5, 5.41) is 59.1. The number of hydrogen-bond donors (Lipinski definition) is 6. The second-order valence-corrected chi connectivity index (χ2v) is 6.84. The van der Waals surface area contributed by atoms with E-state index in [0.717, 1.165) is 12.1 Å². The van der Waals surface area contributed by atoms with E-state index >= 15 is 0 Å². The summed E-state index contributed by atoms with van der Waals surface area (Å²) in [7, 11) is 0. The zero-order valence-electron chi connectivity index (χ0n) is 15.3. The molecule has 1 aliphatic rings. The molecular weight excluding hydrogens is 400 g/mol. The molecule has 1 aromatic heterocycles. The lowest BCUT2D eigenvalue weighted by atomic mass is 10.1. The van der Waals surface area contributed by atoms with E-state index in [9.17, 15) is 35.4 Å². The molecule has 0 radical (unpaired) electrons. The minimum absolute atomic E-state index is 0.0312. The van der Waals surface area contributed by atoms with Crippen molar-refractivity contribution >= 4 is 11.0 Å². The van der Waals surface area contributed by atoms with Crippen LogP contribution in [0.15, 0.2) is 45.6 Å². The summed E-state index contributed by atoms with van der Waals surface area (Å²) >= 11 is 0. The van der Waals surface area contributed by atoms with Crippen molar-refractivity contribution in [1.29, 1.82) is 0 Å². The van der Waals surface area contributed by atoms with Crippen LogP contribution < -0.4 is 10.2 Å². The van der Waals surface area contributed by atoms with Gasteiger partial charge in [0.1, 0.15) is 40.8 Å². The van der Waals surface area contributed by atoms with Crippen molar-refractivity contribution in [3.63, 3.8) is 0 Å². The van der Waals surface area contributed by atoms with E-state index in [0.29, 0.717) is 5.56 Å². The maximum absolute atomic E-state index is 12.6. The molecule has 0 spiro atoms. The van der Waals surface area contributed by atoms with Crippen LogP contribution in [0.4, 0.5) is 0 Å². The Labute approximate surface area is 168 Å². The molecule has 6 N–H and O–H groups in total. The standard InChI is InChI=1S/C20H18O10/c21-9-3-1-8(2-4-9)13-5-10(22)15-14(29-13)6-11(23)19(17(15)26)30-20-18(27)16(25)12(24)7-28-20/h1-6,12,16,18,20-21,23-27H,7H2/t12-,16+,18-,20+/m1/s1. The van der Waals surface area contributed by atoms with Crippen LogP contribution >= 0.6 is 0 Å². The number of aromatic hydroxyl groups is 3. The lowest BCUT2D eigenvalue weighted by Gasteiger charge is -2.35. The quantitative estimate of drug-likeness (QED) is 0.350. The molecule has 30 heavy (non-hydrogen) atoms. The van der Waals surface area contributed by atoms with Crippen LogP contribution in [0.5, 0.6) is 23.0 Å². The minimum Gasteiger partial charge on any atom is -0.508 e. The summed E-state index contributed by atoms with van der Waals surface area (Å²) in [4.78, 5) is 12.6. The van der Waals surface area contributed by atoms with Gasteiger partial charge < -0.3 is 44.5 Å². The first-order valence-electron chi connectivity index (χ1n) is 8.91. The average Bonchev–Trinajstić information content (AvgIpc) is 2.70. The lowest BCUT2D eigenvalue weighted by Crippen LogP contribution is -2.54. The molecule has 3 aromatic rings. The number of fused-ring (bicyclic) bond motifs is 1. The summed E-state index contributed by atoms with van der Waals surface area (Å²) < 4.78 is 16.0. The number of ether oxygens (including phenoxy) is 2. The van der Waals surface area contributed by atoms with E-state index in [1.54, 1.807) is 0 Å².